The summed E-state index contributed by atoms with van der Waals surface area (Å²) in [5.74, 6) is -3.21. The molecule has 0 aromatic heterocycles. The third kappa shape index (κ3) is 4.27. The van der Waals surface area contributed by atoms with Crippen LogP contribution < -0.4 is 0 Å². The summed E-state index contributed by atoms with van der Waals surface area (Å²) in [7, 11) is 1.53. The van der Waals surface area contributed by atoms with Crippen LogP contribution in [0.3, 0.4) is 0 Å². The van der Waals surface area contributed by atoms with E-state index in [9.17, 15) is 18.0 Å². The number of carbonyl (C=O) groups is 1. The highest BCUT2D eigenvalue weighted by molar-refractivity contribution is 5.82. The molecule has 0 unspecified atom stereocenters. The molecule has 1 amide bonds. The van der Waals surface area contributed by atoms with E-state index in [-0.39, 0.29) is 49.6 Å². The Bertz CT molecular complexity index is 1010. The zero-order valence-electron chi connectivity index (χ0n) is 18.4. The molecule has 3 heterocycles. The molecular weight excluding hydrogens is 433 g/mol. The molecule has 8 heteroatoms. The molecule has 3 aliphatic heterocycles. The molecule has 176 valence electrons. The Kier molecular flexibility index (Phi) is 5.93. The number of methoxy groups -OCH3 is 1. The number of halogens is 3. The fraction of sp³-hybridized carbons (Fsp3) is 0.480. The summed E-state index contributed by atoms with van der Waals surface area (Å²) < 4.78 is 52.0. The smallest absolute Gasteiger partial charge is 0.272 e. The van der Waals surface area contributed by atoms with Gasteiger partial charge in [-0.25, -0.2) is 13.2 Å². The van der Waals surface area contributed by atoms with Crippen molar-refractivity contribution in [3.8, 4) is 0 Å². The molecule has 33 heavy (non-hydrogen) atoms. The molecule has 0 radical (unpaired) electrons. The highest BCUT2D eigenvalue weighted by Gasteiger charge is 2.51. The van der Waals surface area contributed by atoms with Crippen LogP contribution in [0.4, 0.5) is 13.2 Å². The van der Waals surface area contributed by atoms with E-state index in [4.69, 9.17) is 9.47 Å². The number of hydrogen-bond acceptors (Lipinski definition) is 4. The van der Waals surface area contributed by atoms with E-state index in [1.54, 1.807) is 21.9 Å². The molecule has 2 aromatic carbocycles. The van der Waals surface area contributed by atoms with Crippen molar-refractivity contribution in [3.63, 3.8) is 0 Å². The second-order valence-electron chi connectivity index (χ2n) is 9.09. The van der Waals surface area contributed by atoms with Crippen LogP contribution in [0.1, 0.15) is 29.2 Å². The van der Waals surface area contributed by atoms with Gasteiger partial charge in [0.2, 0.25) is 0 Å². The van der Waals surface area contributed by atoms with Crippen molar-refractivity contribution < 1.29 is 27.4 Å². The lowest BCUT2D eigenvalue weighted by atomic mass is 9.87. The molecule has 4 atom stereocenters. The summed E-state index contributed by atoms with van der Waals surface area (Å²) in [6, 6.07) is 13.5. The van der Waals surface area contributed by atoms with Crippen LogP contribution in [0, 0.1) is 5.82 Å². The van der Waals surface area contributed by atoms with Crippen molar-refractivity contribution >= 4 is 5.91 Å². The van der Waals surface area contributed by atoms with Crippen LogP contribution in [0.2, 0.25) is 0 Å². The summed E-state index contributed by atoms with van der Waals surface area (Å²) >= 11 is 0. The molecule has 2 fully saturated rings. The Balaban J connectivity index is 1.41. The van der Waals surface area contributed by atoms with Crippen molar-refractivity contribution in [1.82, 2.24) is 9.80 Å². The van der Waals surface area contributed by atoms with Gasteiger partial charge >= 0.3 is 0 Å². The number of carbonyl (C=O) groups excluding carboxylic acids is 1. The van der Waals surface area contributed by atoms with Crippen LogP contribution in [0.25, 0.3) is 0 Å². The van der Waals surface area contributed by atoms with E-state index in [0.29, 0.717) is 19.4 Å². The minimum absolute atomic E-state index is 0.172. The quantitative estimate of drug-likeness (QED) is 0.701. The third-order valence-corrected chi connectivity index (χ3v) is 7.01. The number of fused-ring (bicyclic) bond motifs is 1. The first-order valence-corrected chi connectivity index (χ1v) is 11.3. The van der Waals surface area contributed by atoms with E-state index in [0.717, 1.165) is 16.7 Å². The van der Waals surface area contributed by atoms with Gasteiger partial charge in [-0.1, -0.05) is 36.4 Å². The maximum atomic E-state index is 13.7. The molecule has 5 nitrogen and oxygen atoms in total. The van der Waals surface area contributed by atoms with Crippen LogP contribution in [0.5, 0.6) is 0 Å². The Morgan fingerprint density at radius 2 is 1.85 bits per heavy atom. The summed E-state index contributed by atoms with van der Waals surface area (Å²) in [4.78, 5) is 17.2. The highest BCUT2D eigenvalue weighted by Crippen LogP contribution is 2.38. The third-order valence-electron chi connectivity index (χ3n) is 7.01. The van der Waals surface area contributed by atoms with Crippen LogP contribution in [0.15, 0.2) is 48.5 Å². The highest BCUT2D eigenvalue weighted by atomic mass is 19.3. The molecule has 0 spiro atoms. The molecule has 0 bridgehead atoms. The van der Waals surface area contributed by atoms with Gasteiger partial charge in [-0.05, 0) is 35.2 Å². The summed E-state index contributed by atoms with van der Waals surface area (Å²) in [5.41, 5.74) is 2.98. The van der Waals surface area contributed by atoms with Crippen molar-refractivity contribution in [2.24, 2.45) is 0 Å². The summed E-state index contributed by atoms with van der Waals surface area (Å²) in [6.07, 6.45) is -0.111. The van der Waals surface area contributed by atoms with Gasteiger partial charge in [-0.2, -0.15) is 0 Å². The second kappa shape index (κ2) is 8.74. The lowest BCUT2D eigenvalue weighted by Crippen LogP contribution is -2.66. The summed E-state index contributed by atoms with van der Waals surface area (Å²) in [6.45, 7) is 0.0185. The molecule has 5 rings (SSSR count). The monoisotopic (exact) mass is 460 g/mol. The number of alkyl halides is 2. The molecule has 2 aromatic rings. The largest absolute Gasteiger partial charge is 0.377 e. The van der Waals surface area contributed by atoms with Crippen molar-refractivity contribution in [1.29, 1.82) is 0 Å². The number of ether oxygens (including phenoxy) is 2. The van der Waals surface area contributed by atoms with Crippen LogP contribution >= 0.6 is 0 Å². The normalized spacial score (nSPS) is 29.3. The fourth-order valence-electron chi connectivity index (χ4n) is 5.32. The van der Waals surface area contributed by atoms with Crippen LogP contribution in [-0.4, -0.2) is 73.2 Å². The Hall–Kier alpha value is -2.42. The topological polar surface area (TPSA) is 42.0 Å². The van der Waals surface area contributed by atoms with Gasteiger partial charge in [0.1, 0.15) is 11.9 Å². The Labute approximate surface area is 191 Å². The SMILES string of the molecule is CO[C@H]1CO[C@@H](C(=O)N2CCc3ccccc3[C@@H]2c2ccc(F)cc2)C[C@@H]1N1CC(F)(F)C1. The number of rotatable bonds is 4. The Morgan fingerprint density at radius 3 is 2.55 bits per heavy atom. The first-order valence-electron chi connectivity index (χ1n) is 11.3. The molecule has 0 aliphatic carbocycles. The molecular formula is C25H27F3N2O3. The zero-order chi connectivity index (χ0) is 23.2. The standard InChI is InChI=1S/C25H27F3N2O3/c1-32-22-13-33-21(12-20(22)29-14-25(27,28)15-29)24(31)30-11-10-16-4-2-3-5-19(16)23(30)17-6-8-18(26)9-7-17/h2-9,20-23H,10-15H2,1H3/t20-,21+,22-,23-/m0/s1. The molecule has 0 saturated carbocycles. The maximum Gasteiger partial charge on any atom is 0.272 e. The number of amides is 1. The Morgan fingerprint density at radius 1 is 1.12 bits per heavy atom. The summed E-state index contributed by atoms with van der Waals surface area (Å²) in [5, 5.41) is 0. The van der Waals surface area contributed by atoms with Gasteiger partial charge in [-0.3, -0.25) is 9.69 Å². The second-order valence-corrected chi connectivity index (χ2v) is 9.09. The number of nitrogens with zero attached hydrogens (tertiary/aromatic N) is 2. The van der Waals surface area contributed by atoms with Gasteiger partial charge in [0.25, 0.3) is 11.8 Å². The van der Waals surface area contributed by atoms with Gasteiger partial charge < -0.3 is 14.4 Å². The average molecular weight is 460 g/mol. The van der Waals surface area contributed by atoms with Gasteiger partial charge in [0.15, 0.2) is 0 Å². The van der Waals surface area contributed by atoms with E-state index in [1.807, 2.05) is 24.3 Å². The van der Waals surface area contributed by atoms with Crippen LogP contribution in [-0.2, 0) is 20.7 Å². The predicted molar refractivity (Wildman–Crippen MR) is 116 cm³/mol. The molecule has 2 saturated heterocycles. The van der Waals surface area contributed by atoms with Crippen molar-refractivity contribution in [2.75, 3.05) is 33.4 Å². The lowest BCUT2D eigenvalue weighted by molar-refractivity contribution is -0.196. The first kappa shape index (κ1) is 22.4. The molecule has 3 aliphatic rings. The minimum atomic E-state index is -2.69. The van der Waals surface area contributed by atoms with E-state index >= 15 is 0 Å². The van der Waals surface area contributed by atoms with Crippen molar-refractivity contribution in [2.45, 2.75) is 43.1 Å². The minimum Gasteiger partial charge on any atom is -0.377 e. The fourth-order valence-corrected chi connectivity index (χ4v) is 5.32. The number of benzene rings is 2. The van der Waals surface area contributed by atoms with E-state index in [1.165, 1.54) is 19.2 Å². The zero-order valence-corrected chi connectivity index (χ0v) is 18.4. The van der Waals surface area contributed by atoms with Gasteiger partial charge in [0.05, 0.1) is 31.8 Å². The number of hydrogen-bond donors (Lipinski definition) is 0. The van der Waals surface area contributed by atoms with Crippen molar-refractivity contribution in [3.05, 3.63) is 71.0 Å². The average Bonchev–Trinajstić information content (AvgIpc) is 2.81. The predicted octanol–water partition coefficient (Wildman–Crippen LogP) is 3.42. The van der Waals surface area contributed by atoms with E-state index in [2.05, 4.69) is 0 Å². The van der Waals surface area contributed by atoms with E-state index < -0.39 is 12.0 Å². The molecule has 0 N–H and O–H groups in total. The lowest BCUT2D eigenvalue weighted by Gasteiger charge is -2.49. The van der Waals surface area contributed by atoms with Gasteiger partial charge in [0, 0.05) is 26.1 Å². The first-order chi connectivity index (χ1) is 15.9. The van der Waals surface area contributed by atoms with Gasteiger partial charge in [-0.15, -0.1) is 0 Å². The number of likely N-dealkylation sites (tertiary alicyclic amines) is 1. The maximum absolute atomic E-state index is 13.7.